The molecule has 0 saturated carbocycles. The molecule has 4 rings (SSSR count). The summed E-state index contributed by atoms with van der Waals surface area (Å²) >= 11 is 1.55. The van der Waals surface area contributed by atoms with E-state index in [0.717, 1.165) is 54.2 Å². The molecule has 33 heavy (non-hydrogen) atoms. The average Bonchev–Trinajstić information content (AvgIpc) is 2.76. The van der Waals surface area contributed by atoms with Gasteiger partial charge in [-0.1, -0.05) is 44.7 Å². The summed E-state index contributed by atoms with van der Waals surface area (Å²) in [5.41, 5.74) is 3.96. The molecule has 0 bridgehead atoms. The Bertz CT molecular complexity index is 1130. The maximum atomic E-state index is 13.4. The number of benzene rings is 1. The quantitative estimate of drug-likeness (QED) is 0.425. The van der Waals surface area contributed by atoms with Crippen LogP contribution in [0, 0.1) is 5.41 Å². The van der Waals surface area contributed by atoms with Crippen LogP contribution in [0.4, 0.5) is 11.5 Å². The summed E-state index contributed by atoms with van der Waals surface area (Å²) in [6.45, 7) is 12.5. The highest BCUT2D eigenvalue weighted by Gasteiger charge is 2.42. The molecule has 7 heteroatoms. The van der Waals surface area contributed by atoms with Crippen molar-refractivity contribution in [3.63, 3.8) is 0 Å². The van der Waals surface area contributed by atoms with Gasteiger partial charge in [0.15, 0.2) is 10.9 Å². The summed E-state index contributed by atoms with van der Waals surface area (Å²) in [5.74, 6) is 1.17. The Balaban J connectivity index is 1.85. The lowest BCUT2D eigenvalue weighted by Gasteiger charge is -2.38. The van der Waals surface area contributed by atoms with Crippen LogP contribution in [0.3, 0.4) is 0 Å². The lowest BCUT2D eigenvalue weighted by atomic mass is 9.69. The lowest BCUT2D eigenvalue weighted by molar-refractivity contribution is -0.118. The zero-order chi connectivity index (χ0) is 23.8. The van der Waals surface area contributed by atoms with Crippen LogP contribution in [0.5, 0.6) is 0 Å². The Kier molecular flexibility index (Phi) is 6.71. The molecular formula is C26H34N4O2S. The molecular weight excluding hydrogens is 432 g/mol. The molecule has 1 aliphatic heterocycles. The third-order valence-corrected chi connectivity index (χ3v) is 7.58. The zero-order valence-corrected chi connectivity index (χ0v) is 21.1. The molecule has 1 aromatic heterocycles. The Morgan fingerprint density at radius 2 is 1.79 bits per heavy atom. The highest BCUT2D eigenvalue weighted by molar-refractivity contribution is 7.99. The molecule has 1 aromatic carbocycles. The SMILES string of the molecule is CCCSc1nc2c(c(=O)[nH]1)C(c1ccc(N(CC)CC)cc1)C1=C(CC(C)(C)CC1=O)N2. The number of thioether (sulfide) groups is 1. The first kappa shape index (κ1) is 23.6. The Labute approximate surface area is 200 Å². The third kappa shape index (κ3) is 4.60. The fourth-order valence-corrected chi connectivity index (χ4v) is 5.68. The normalized spacial score (nSPS) is 19.1. The number of carbonyl (C=O) groups is 1. The van der Waals surface area contributed by atoms with Crippen molar-refractivity contribution in [3.8, 4) is 0 Å². The number of H-pyrrole nitrogens is 1. The molecule has 1 unspecified atom stereocenters. The number of rotatable bonds is 7. The van der Waals surface area contributed by atoms with Crippen molar-refractivity contribution in [1.29, 1.82) is 0 Å². The van der Waals surface area contributed by atoms with Crippen LogP contribution in [0.2, 0.25) is 0 Å². The number of hydrogen-bond acceptors (Lipinski definition) is 6. The molecule has 1 aliphatic carbocycles. The number of aromatic nitrogens is 2. The minimum atomic E-state index is -0.410. The number of hydrogen-bond donors (Lipinski definition) is 2. The van der Waals surface area contributed by atoms with E-state index in [1.807, 2.05) is 0 Å². The monoisotopic (exact) mass is 466 g/mol. The molecule has 0 fully saturated rings. The van der Waals surface area contributed by atoms with E-state index in [-0.39, 0.29) is 16.8 Å². The molecule has 0 radical (unpaired) electrons. The highest BCUT2D eigenvalue weighted by Crippen LogP contribution is 2.47. The van der Waals surface area contributed by atoms with Crippen LogP contribution in [-0.4, -0.2) is 34.6 Å². The minimum absolute atomic E-state index is 0.112. The fourth-order valence-electron chi connectivity index (χ4n) is 4.96. The number of nitrogens with zero attached hydrogens (tertiary/aromatic N) is 2. The van der Waals surface area contributed by atoms with Gasteiger partial charge in [-0.2, -0.15) is 0 Å². The summed E-state index contributed by atoms with van der Waals surface area (Å²) in [7, 11) is 0. The van der Waals surface area contributed by atoms with Gasteiger partial charge in [0.2, 0.25) is 0 Å². The second-order valence-corrected chi connectivity index (χ2v) is 10.7. The summed E-state index contributed by atoms with van der Waals surface area (Å²) < 4.78 is 0. The molecule has 2 N–H and O–H groups in total. The van der Waals surface area contributed by atoms with Crippen LogP contribution in [0.1, 0.15) is 70.9 Å². The van der Waals surface area contributed by atoms with Crippen LogP contribution in [0.25, 0.3) is 0 Å². The van der Waals surface area contributed by atoms with Crippen molar-refractivity contribution < 1.29 is 4.79 Å². The highest BCUT2D eigenvalue weighted by atomic mass is 32.2. The first-order valence-electron chi connectivity index (χ1n) is 11.9. The van der Waals surface area contributed by atoms with Crippen molar-refractivity contribution in [1.82, 2.24) is 9.97 Å². The molecule has 2 aliphatic rings. The van der Waals surface area contributed by atoms with Gasteiger partial charge in [-0.15, -0.1) is 0 Å². The Morgan fingerprint density at radius 1 is 1.09 bits per heavy atom. The maximum Gasteiger partial charge on any atom is 0.257 e. The van der Waals surface area contributed by atoms with E-state index in [1.54, 1.807) is 11.8 Å². The number of fused-ring (bicyclic) bond motifs is 1. The van der Waals surface area contributed by atoms with E-state index >= 15 is 0 Å². The predicted molar refractivity (Wildman–Crippen MR) is 136 cm³/mol. The van der Waals surface area contributed by atoms with Gasteiger partial charge >= 0.3 is 0 Å². The number of carbonyl (C=O) groups excluding carboxylic acids is 1. The van der Waals surface area contributed by atoms with Crippen LogP contribution < -0.4 is 15.8 Å². The van der Waals surface area contributed by atoms with Gasteiger partial charge in [-0.3, -0.25) is 9.59 Å². The van der Waals surface area contributed by atoms with E-state index in [9.17, 15) is 9.59 Å². The first-order valence-corrected chi connectivity index (χ1v) is 12.9. The second-order valence-electron chi connectivity index (χ2n) is 9.64. The standard InChI is InChI=1S/C26H34N4O2S/c1-6-13-33-25-28-23-22(24(32)29-25)20(16-9-11-17(12-10-16)30(7-2)8-3)21-18(27-23)14-26(4,5)15-19(21)31/h9-12,20H,6-8,13-15H2,1-5H3,(H2,27,28,29,32). The van der Waals surface area contributed by atoms with Gasteiger partial charge in [-0.05, 0) is 49.8 Å². The van der Waals surface area contributed by atoms with Crippen LogP contribution in [-0.2, 0) is 4.79 Å². The van der Waals surface area contributed by atoms with E-state index in [0.29, 0.717) is 23.0 Å². The van der Waals surface area contributed by atoms with E-state index in [1.165, 1.54) is 0 Å². The summed E-state index contributed by atoms with van der Waals surface area (Å²) in [6, 6.07) is 8.30. The van der Waals surface area contributed by atoms with Gasteiger partial charge in [-0.25, -0.2) is 4.98 Å². The number of allylic oxidation sites excluding steroid dienone is 2. The zero-order valence-electron chi connectivity index (χ0n) is 20.2. The molecule has 6 nitrogen and oxygen atoms in total. The van der Waals surface area contributed by atoms with Crippen LogP contribution in [0.15, 0.2) is 45.5 Å². The number of nitrogens with one attached hydrogen (secondary N) is 2. The minimum Gasteiger partial charge on any atom is -0.372 e. The van der Waals surface area contributed by atoms with Gasteiger partial charge in [0.25, 0.3) is 5.56 Å². The van der Waals surface area contributed by atoms with Crippen molar-refractivity contribution in [2.24, 2.45) is 5.41 Å². The Morgan fingerprint density at radius 3 is 2.42 bits per heavy atom. The predicted octanol–water partition coefficient (Wildman–Crippen LogP) is 5.32. The molecule has 2 aromatic rings. The summed E-state index contributed by atoms with van der Waals surface area (Å²) in [4.78, 5) is 36.7. The second kappa shape index (κ2) is 9.37. The van der Waals surface area contributed by atoms with Crippen molar-refractivity contribution in [3.05, 3.63) is 57.0 Å². The number of aromatic amines is 1. The summed E-state index contributed by atoms with van der Waals surface area (Å²) in [6.07, 6.45) is 2.23. The van der Waals surface area contributed by atoms with Crippen molar-refractivity contribution in [2.45, 2.75) is 65.0 Å². The van der Waals surface area contributed by atoms with Crippen molar-refractivity contribution in [2.75, 3.05) is 29.1 Å². The number of ketones is 1. The van der Waals surface area contributed by atoms with Gasteiger partial charge < -0.3 is 15.2 Å². The average molecular weight is 467 g/mol. The third-order valence-electron chi connectivity index (χ3n) is 6.50. The van der Waals surface area contributed by atoms with Gasteiger partial charge in [0, 0.05) is 48.1 Å². The number of anilines is 2. The van der Waals surface area contributed by atoms with Crippen molar-refractivity contribution >= 4 is 29.1 Å². The molecule has 2 heterocycles. The number of Topliss-reactive ketones (excluding diaryl/α,β-unsaturated/α-hetero) is 1. The largest absolute Gasteiger partial charge is 0.372 e. The molecule has 176 valence electrons. The van der Waals surface area contributed by atoms with E-state index < -0.39 is 5.92 Å². The summed E-state index contributed by atoms with van der Waals surface area (Å²) in [5, 5.41) is 4.02. The van der Waals surface area contributed by atoms with E-state index in [2.05, 4.69) is 74.1 Å². The smallest absolute Gasteiger partial charge is 0.257 e. The first-order chi connectivity index (χ1) is 15.8. The molecule has 0 spiro atoms. The lowest BCUT2D eigenvalue weighted by Crippen LogP contribution is -2.37. The molecule has 0 amide bonds. The molecule has 0 saturated heterocycles. The van der Waals surface area contributed by atoms with E-state index in [4.69, 9.17) is 4.98 Å². The topological polar surface area (TPSA) is 78.1 Å². The fraction of sp³-hybridized carbons (Fsp3) is 0.500. The maximum absolute atomic E-state index is 13.4. The molecule has 1 atom stereocenters. The Hall–Kier alpha value is -2.54. The van der Waals surface area contributed by atoms with Crippen LogP contribution >= 0.6 is 11.8 Å². The van der Waals surface area contributed by atoms with Gasteiger partial charge in [0.1, 0.15) is 5.82 Å². The van der Waals surface area contributed by atoms with Gasteiger partial charge in [0.05, 0.1) is 5.56 Å².